The highest BCUT2D eigenvalue weighted by molar-refractivity contribution is 9.10. The number of carbonyl (C=O) groups is 1. The first kappa shape index (κ1) is 75.2. The van der Waals surface area contributed by atoms with Gasteiger partial charge in [0.1, 0.15) is 34.7 Å². The Labute approximate surface area is 637 Å². The molecule has 3 aliphatic rings. The first-order valence-corrected chi connectivity index (χ1v) is 34.9. The zero-order chi connectivity index (χ0) is 76.2. The first-order chi connectivity index (χ1) is 52.2. The van der Waals surface area contributed by atoms with Gasteiger partial charge < -0.3 is 71.9 Å². The van der Waals surface area contributed by atoms with Gasteiger partial charge in [-0.2, -0.15) is 0 Å². The van der Waals surface area contributed by atoms with Crippen molar-refractivity contribution in [2.24, 2.45) is 20.7 Å². The lowest BCUT2D eigenvalue weighted by Gasteiger charge is -2.21. The number of carbonyl (C=O) groups excluding carboxylic acids is 1. The quantitative estimate of drug-likeness (QED) is 0.0516. The molecule has 0 bridgehead atoms. The van der Waals surface area contributed by atoms with Crippen molar-refractivity contribution in [3.63, 3.8) is 0 Å². The standard InChI is InChI=1S/C23H17FN2O4.C19H16Cl2N2O4.C17H12BrFN2O4.C17H11Cl2FN2O4/c24-17-9-15(22-16(10-17)12-29-13-30-22)11-26-19-8-4-7-18(14-5-2-1-3-6-14)20(19)21(25-28)23(26)27;1-27-17(24)3-2-8-23-16-9-11(13-7-5-12(20)10-15(13)21)4-6-14(16)18(22-26)19(23)25;18-12-2-1-3-13-14(12)15(20-23)17(22)21(13)6-9-4-11(19)5-10-7-24-8-25-16(9)10;18-10-3-12(19)14-13(4-10)22(17(23)15(14)21-24)5-8-1-11(20)2-9-6-25-7-26-16(8)9/h1-10,27H,11-13H2;4-7,9-10,25H,2-3,8H2,1H3;1-5,22H,6-8H2;1-4,23H,5-7H2. The van der Waals surface area contributed by atoms with Crippen LogP contribution in [0.25, 0.3) is 65.9 Å². The summed E-state index contributed by atoms with van der Waals surface area (Å²) in [4.78, 5) is 56.6. The van der Waals surface area contributed by atoms with E-state index in [-0.39, 0.29) is 129 Å². The van der Waals surface area contributed by atoms with Crippen LogP contribution in [0.3, 0.4) is 0 Å². The third kappa shape index (κ3) is 15.0. The molecule has 0 fully saturated rings. The van der Waals surface area contributed by atoms with E-state index in [4.69, 9.17) is 74.8 Å². The third-order valence-corrected chi connectivity index (χ3v) is 19.7. The van der Waals surface area contributed by atoms with E-state index in [1.54, 1.807) is 69.8 Å². The van der Waals surface area contributed by atoms with Crippen LogP contribution < -0.4 is 14.2 Å². The maximum atomic E-state index is 14.2. The summed E-state index contributed by atoms with van der Waals surface area (Å²) in [5.41, 5.74) is 8.49. The topological polar surface area (TPSA) is 300 Å². The second-order valence-electron chi connectivity index (χ2n) is 24.5. The van der Waals surface area contributed by atoms with Gasteiger partial charge in [-0.3, -0.25) is 4.79 Å². The molecule has 0 saturated heterocycles. The van der Waals surface area contributed by atoms with Crippen LogP contribution in [-0.2, 0) is 69.7 Å². The Morgan fingerprint density at radius 2 is 0.954 bits per heavy atom. The molecule has 7 heterocycles. The molecule has 0 amide bonds. The number of methoxy groups -OCH3 is 1. The Kier molecular flexibility index (Phi) is 22.7. The third-order valence-electron chi connectivity index (χ3n) is 18.0. The van der Waals surface area contributed by atoms with Crippen molar-refractivity contribution in [1.82, 2.24) is 18.3 Å². The lowest BCUT2D eigenvalue weighted by molar-refractivity contribution is -0.140. The van der Waals surface area contributed by atoms with Gasteiger partial charge in [-0.15, -0.1) is 19.6 Å². The van der Waals surface area contributed by atoms with Gasteiger partial charge in [0.15, 0.2) is 43.1 Å². The van der Waals surface area contributed by atoms with Crippen LogP contribution in [0.2, 0.25) is 20.1 Å². The number of nitroso groups, excluding NO2 is 4. The van der Waals surface area contributed by atoms with Crippen LogP contribution in [-0.4, -0.2) is 72.2 Å². The zero-order valence-electron chi connectivity index (χ0n) is 56.2. The molecule has 4 aromatic heterocycles. The number of benzene rings is 9. The van der Waals surface area contributed by atoms with Gasteiger partial charge in [0, 0.05) is 87.6 Å². The number of rotatable bonds is 16. The first-order valence-electron chi connectivity index (χ1n) is 32.6. The maximum absolute atomic E-state index is 14.2. The Hall–Kier alpha value is -11.1. The molecule has 0 saturated carbocycles. The molecule has 9 aromatic carbocycles. The number of aromatic hydroxyl groups is 4. The number of aromatic nitrogens is 4. The normalized spacial score (nSPS) is 12.8. The second kappa shape index (κ2) is 32.6. The fraction of sp³-hybridized carbons (Fsp3) is 0.171. The highest BCUT2D eigenvalue weighted by atomic mass is 79.9. The lowest BCUT2D eigenvalue weighted by atomic mass is 10.0. The van der Waals surface area contributed by atoms with Gasteiger partial charge >= 0.3 is 5.97 Å². The van der Waals surface area contributed by atoms with Gasteiger partial charge in [0.25, 0.3) is 0 Å². The van der Waals surface area contributed by atoms with Gasteiger partial charge in [0.2, 0.25) is 23.5 Å². The summed E-state index contributed by atoms with van der Waals surface area (Å²) >= 11 is 27.8. The van der Waals surface area contributed by atoms with Crippen molar-refractivity contribution >= 4 is 135 Å². The van der Waals surface area contributed by atoms with Gasteiger partial charge in [-0.25, -0.2) is 13.2 Å². The fourth-order valence-corrected chi connectivity index (χ4v) is 14.9. The molecular formula is C76H56BrCl4F3N8O16. The summed E-state index contributed by atoms with van der Waals surface area (Å²) in [7, 11) is 1.32. The minimum atomic E-state index is -0.464. The molecule has 552 valence electrons. The summed E-state index contributed by atoms with van der Waals surface area (Å²) in [5, 5.41) is 57.4. The van der Waals surface area contributed by atoms with E-state index in [0.29, 0.717) is 121 Å². The van der Waals surface area contributed by atoms with Crippen molar-refractivity contribution < 1.29 is 71.5 Å². The Bertz CT molecular complexity index is 5740. The molecule has 108 heavy (non-hydrogen) atoms. The molecular weight excluding hydrogens is 1560 g/mol. The number of ether oxygens (including phenoxy) is 7. The smallest absolute Gasteiger partial charge is 0.305 e. The van der Waals surface area contributed by atoms with E-state index in [2.05, 4.69) is 41.4 Å². The summed E-state index contributed by atoms with van der Waals surface area (Å²) in [6.45, 7) is 1.49. The molecule has 3 aliphatic heterocycles. The van der Waals surface area contributed by atoms with Gasteiger partial charge in [-0.05, 0) is 135 Å². The average Bonchev–Trinajstić information content (AvgIpc) is 1.61. The van der Waals surface area contributed by atoms with Gasteiger partial charge in [-0.1, -0.05) is 123 Å². The molecule has 0 atom stereocenters. The van der Waals surface area contributed by atoms with E-state index in [1.807, 2.05) is 48.5 Å². The van der Waals surface area contributed by atoms with Crippen LogP contribution in [0.5, 0.6) is 40.8 Å². The van der Waals surface area contributed by atoms with Crippen LogP contribution in [0.1, 0.15) is 46.2 Å². The molecule has 13 aromatic rings. The number of esters is 1. The number of hydrogen-bond donors (Lipinski definition) is 4. The Balaban J connectivity index is 0.000000127. The van der Waals surface area contributed by atoms with E-state index in [9.17, 15) is 58.0 Å². The fourth-order valence-electron chi connectivity index (χ4n) is 13.3. The Morgan fingerprint density at radius 3 is 1.47 bits per heavy atom. The van der Waals surface area contributed by atoms with E-state index >= 15 is 0 Å². The highest BCUT2D eigenvalue weighted by Gasteiger charge is 2.29. The molecule has 16 rings (SSSR count). The molecule has 4 N–H and O–H groups in total. The van der Waals surface area contributed by atoms with Crippen LogP contribution >= 0.6 is 62.3 Å². The monoisotopic (exact) mass is 1610 g/mol. The number of aryl methyl sites for hydroxylation is 1. The van der Waals surface area contributed by atoms with Crippen molar-refractivity contribution in [2.75, 3.05) is 27.5 Å². The highest BCUT2D eigenvalue weighted by Crippen LogP contribution is 2.49. The number of nitrogens with zero attached hydrogens (tertiary/aromatic N) is 8. The largest absolute Gasteiger partial charge is 0.493 e. The van der Waals surface area contributed by atoms with E-state index in [0.717, 1.165) is 22.3 Å². The summed E-state index contributed by atoms with van der Waals surface area (Å²) < 4.78 is 85.5. The molecule has 0 radical (unpaired) electrons. The lowest BCUT2D eigenvalue weighted by Crippen LogP contribution is -2.14. The predicted molar refractivity (Wildman–Crippen MR) is 403 cm³/mol. The minimum absolute atomic E-state index is 0.0224. The molecule has 0 aliphatic carbocycles. The summed E-state index contributed by atoms with van der Waals surface area (Å²) in [6, 6.07) is 42.0. The zero-order valence-corrected chi connectivity index (χ0v) is 60.8. The second-order valence-corrected chi connectivity index (χ2v) is 27.0. The van der Waals surface area contributed by atoms with Crippen LogP contribution in [0, 0.1) is 37.1 Å². The molecule has 0 unspecified atom stereocenters. The SMILES string of the molecule is COC(=O)CCCn1c(O)c(N=O)c2ccc(-c3ccc(Cl)cc3Cl)cc21.O=Nc1c(O)n(Cc2cc(F)cc3c2OCOC3)c2cc(Cl)cc(Cl)c12.O=Nc1c(O)n(Cc2cc(F)cc3c2OCOC3)c2cccc(-c3ccccc3)c12.O=Nc1c(O)n(Cc2cc(F)cc3c2OCOC3)c2cccc(Br)c12. The van der Waals surface area contributed by atoms with Gasteiger partial charge in [0.05, 0.1) is 79.0 Å². The van der Waals surface area contributed by atoms with Crippen molar-refractivity contribution in [1.29, 1.82) is 0 Å². The van der Waals surface area contributed by atoms with Crippen molar-refractivity contribution in [3.05, 3.63) is 247 Å². The molecule has 0 spiro atoms. The van der Waals surface area contributed by atoms with E-state index < -0.39 is 17.5 Å². The van der Waals surface area contributed by atoms with Crippen LogP contribution in [0.4, 0.5) is 35.9 Å². The summed E-state index contributed by atoms with van der Waals surface area (Å²) in [6.07, 6.45) is 0.635. The minimum Gasteiger partial charge on any atom is -0.493 e. The molecule has 24 nitrogen and oxygen atoms in total. The number of hydrogen-bond acceptors (Lipinski definition) is 20. The van der Waals surface area contributed by atoms with Crippen molar-refractivity contribution in [2.45, 2.75) is 58.8 Å². The maximum Gasteiger partial charge on any atom is 0.305 e. The number of halogens is 8. The average molecular weight is 1620 g/mol. The van der Waals surface area contributed by atoms with Crippen LogP contribution in [0.15, 0.2) is 177 Å². The number of fused-ring (bicyclic) bond motifs is 7. The Morgan fingerprint density at radius 1 is 0.472 bits per heavy atom. The van der Waals surface area contributed by atoms with Crippen molar-refractivity contribution in [3.8, 4) is 63.0 Å². The predicted octanol–water partition coefficient (Wildman–Crippen LogP) is 20.8. The van der Waals surface area contributed by atoms with E-state index in [1.165, 1.54) is 58.7 Å². The summed E-state index contributed by atoms with van der Waals surface area (Å²) in [5.74, 6) is -1.27. The molecule has 32 heteroatoms.